The molecule has 0 aromatic heterocycles. The van der Waals surface area contributed by atoms with Crippen LogP contribution in [0.2, 0.25) is 0 Å². The molecule has 1 aliphatic rings. The minimum atomic E-state index is 0.501. The standard InChI is InChI=1S/C17H19N/c1-2-13-6-5-8-14(10-13)17-12-18-11-15-7-3-4-9-16(15)17/h3-10,17-18H,2,11-12H2,1H3. The molecule has 0 fully saturated rings. The highest BCUT2D eigenvalue weighted by atomic mass is 14.9. The molecule has 2 aromatic rings. The first-order valence-corrected chi connectivity index (χ1v) is 6.76. The van der Waals surface area contributed by atoms with E-state index in [1.165, 1.54) is 22.3 Å². The monoisotopic (exact) mass is 237 g/mol. The van der Waals surface area contributed by atoms with Crippen molar-refractivity contribution in [1.29, 1.82) is 0 Å². The van der Waals surface area contributed by atoms with E-state index in [0.29, 0.717) is 5.92 Å². The highest BCUT2D eigenvalue weighted by molar-refractivity contribution is 5.41. The van der Waals surface area contributed by atoms with Crippen molar-refractivity contribution in [3.8, 4) is 0 Å². The lowest BCUT2D eigenvalue weighted by atomic mass is 9.85. The van der Waals surface area contributed by atoms with Crippen molar-refractivity contribution >= 4 is 0 Å². The predicted octanol–water partition coefficient (Wildman–Crippen LogP) is 3.48. The first kappa shape index (κ1) is 11.5. The van der Waals surface area contributed by atoms with Crippen LogP contribution in [0, 0.1) is 0 Å². The molecule has 0 bridgehead atoms. The average molecular weight is 237 g/mol. The second-order valence-electron chi connectivity index (χ2n) is 4.98. The quantitative estimate of drug-likeness (QED) is 0.843. The van der Waals surface area contributed by atoms with Crippen LogP contribution >= 0.6 is 0 Å². The lowest BCUT2D eigenvalue weighted by molar-refractivity contribution is 0.591. The molecular weight excluding hydrogens is 218 g/mol. The lowest BCUT2D eigenvalue weighted by Crippen LogP contribution is -2.28. The third kappa shape index (κ3) is 2.06. The molecule has 0 amide bonds. The summed E-state index contributed by atoms with van der Waals surface area (Å²) in [6.45, 7) is 4.26. The Balaban J connectivity index is 2.02. The zero-order chi connectivity index (χ0) is 12.4. The molecule has 0 saturated heterocycles. The zero-order valence-corrected chi connectivity index (χ0v) is 10.8. The molecule has 0 radical (unpaired) electrons. The number of hydrogen-bond acceptors (Lipinski definition) is 1. The topological polar surface area (TPSA) is 12.0 Å². The van der Waals surface area contributed by atoms with Gasteiger partial charge >= 0.3 is 0 Å². The van der Waals surface area contributed by atoms with E-state index in [1.807, 2.05) is 0 Å². The SMILES string of the molecule is CCc1cccc(C2CNCc3ccccc32)c1. The van der Waals surface area contributed by atoms with Crippen molar-refractivity contribution in [3.05, 3.63) is 70.8 Å². The normalized spacial score (nSPS) is 18.4. The minimum Gasteiger partial charge on any atom is -0.312 e. The molecule has 1 nitrogen and oxygen atoms in total. The van der Waals surface area contributed by atoms with Crippen LogP contribution < -0.4 is 5.32 Å². The van der Waals surface area contributed by atoms with Gasteiger partial charge in [-0.2, -0.15) is 0 Å². The summed E-state index contributed by atoms with van der Waals surface area (Å²) in [6.07, 6.45) is 1.11. The summed E-state index contributed by atoms with van der Waals surface area (Å²) in [7, 11) is 0. The number of benzene rings is 2. The van der Waals surface area contributed by atoms with Gasteiger partial charge in [0.1, 0.15) is 0 Å². The van der Waals surface area contributed by atoms with E-state index in [9.17, 15) is 0 Å². The Morgan fingerprint density at radius 3 is 2.89 bits per heavy atom. The summed E-state index contributed by atoms with van der Waals surface area (Å²) in [5.41, 5.74) is 5.80. The number of fused-ring (bicyclic) bond motifs is 1. The summed E-state index contributed by atoms with van der Waals surface area (Å²) in [5.74, 6) is 0.501. The molecule has 2 aromatic carbocycles. The Bertz CT molecular complexity index is 545. The van der Waals surface area contributed by atoms with Crippen molar-refractivity contribution in [2.24, 2.45) is 0 Å². The summed E-state index contributed by atoms with van der Waals surface area (Å²) in [4.78, 5) is 0. The molecule has 0 aliphatic carbocycles. The fraction of sp³-hybridized carbons (Fsp3) is 0.294. The number of hydrogen-bond donors (Lipinski definition) is 1. The van der Waals surface area contributed by atoms with Crippen LogP contribution in [0.1, 0.15) is 35.1 Å². The van der Waals surface area contributed by atoms with E-state index >= 15 is 0 Å². The molecule has 18 heavy (non-hydrogen) atoms. The molecule has 1 unspecified atom stereocenters. The maximum Gasteiger partial charge on any atom is 0.0218 e. The molecule has 1 heterocycles. The predicted molar refractivity (Wildman–Crippen MR) is 75.8 cm³/mol. The van der Waals surface area contributed by atoms with Crippen LogP contribution in [-0.4, -0.2) is 6.54 Å². The first-order chi connectivity index (χ1) is 8.88. The van der Waals surface area contributed by atoms with E-state index < -0.39 is 0 Å². The molecule has 1 heteroatoms. The largest absolute Gasteiger partial charge is 0.312 e. The van der Waals surface area contributed by atoms with Gasteiger partial charge in [0.2, 0.25) is 0 Å². The second-order valence-corrected chi connectivity index (χ2v) is 4.98. The summed E-state index contributed by atoms with van der Waals surface area (Å²) in [6, 6.07) is 17.8. The lowest BCUT2D eigenvalue weighted by Gasteiger charge is -2.27. The fourth-order valence-electron chi connectivity index (χ4n) is 2.82. The van der Waals surface area contributed by atoms with Crippen LogP contribution in [0.15, 0.2) is 48.5 Å². The van der Waals surface area contributed by atoms with Gasteiger partial charge in [-0.15, -0.1) is 0 Å². The van der Waals surface area contributed by atoms with Gasteiger partial charge in [0.25, 0.3) is 0 Å². The molecule has 1 N–H and O–H groups in total. The third-order valence-electron chi connectivity index (χ3n) is 3.86. The highest BCUT2D eigenvalue weighted by Crippen LogP contribution is 2.30. The average Bonchev–Trinajstić information content (AvgIpc) is 2.47. The van der Waals surface area contributed by atoms with Crippen LogP contribution in [0.5, 0.6) is 0 Å². The first-order valence-electron chi connectivity index (χ1n) is 6.76. The maximum atomic E-state index is 3.53. The summed E-state index contributed by atoms with van der Waals surface area (Å²) < 4.78 is 0. The van der Waals surface area contributed by atoms with E-state index in [2.05, 4.69) is 60.8 Å². The van der Waals surface area contributed by atoms with Gasteiger partial charge in [-0.1, -0.05) is 55.5 Å². The zero-order valence-electron chi connectivity index (χ0n) is 10.8. The molecule has 3 rings (SSSR count). The van der Waals surface area contributed by atoms with Gasteiger partial charge in [0.05, 0.1) is 0 Å². The van der Waals surface area contributed by atoms with Crippen molar-refractivity contribution in [2.75, 3.05) is 6.54 Å². The smallest absolute Gasteiger partial charge is 0.0218 e. The van der Waals surface area contributed by atoms with Crippen molar-refractivity contribution in [2.45, 2.75) is 25.8 Å². The van der Waals surface area contributed by atoms with E-state index in [1.54, 1.807) is 0 Å². The Labute approximate surface area is 109 Å². The van der Waals surface area contributed by atoms with Gasteiger partial charge in [-0.25, -0.2) is 0 Å². The van der Waals surface area contributed by atoms with Crippen LogP contribution in [0.3, 0.4) is 0 Å². The Morgan fingerprint density at radius 2 is 2.00 bits per heavy atom. The van der Waals surface area contributed by atoms with Crippen LogP contribution in [0.4, 0.5) is 0 Å². The molecule has 1 aliphatic heterocycles. The van der Waals surface area contributed by atoms with Crippen molar-refractivity contribution in [3.63, 3.8) is 0 Å². The van der Waals surface area contributed by atoms with E-state index in [-0.39, 0.29) is 0 Å². The second kappa shape index (κ2) is 4.95. The third-order valence-corrected chi connectivity index (χ3v) is 3.86. The number of nitrogens with one attached hydrogen (secondary N) is 1. The number of rotatable bonds is 2. The van der Waals surface area contributed by atoms with Crippen molar-refractivity contribution in [1.82, 2.24) is 5.32 Å². The molecule has 92 valence electrons. The fourth-order valence-corrected chi connectivity index (χ4v) is 2.82. The summed E-state index contributed by atoms with van der Waals surface area (Å²) >= 11 is 0. The minimum absolute atomic E-state index is 0.501. The van der Waals surface area contributed by atoms with Gasteiger partial charge in [-0.05, 0) is 28.7 Å². The number of aryl methyl sites for hydroxylation is 1. The van der Waals surface area contributed by atoms with Crippen LogP contribution in [0.25, 0.3) is 0 Å². The van der Waals surface area contributed by atoms with Crippen LogP contribution in [-0.2, 0) is 13.0 Å². The van der Waals surface area contributed by atoms with Gasteiger partial charge in [0, 0.05) is 19.0 Å². The summed E-state index contributed by atoms with van der Waals surface area (Å²) in [5, 5.41) is 3.53. The van der Waals surface area contributed by atoms with Crippen molar-refractivity contribution < 1.29 is 0 Å². The molecule has 1 atom stereocenters. The molecule has 0 spiro atoms. The van der Waals surface area contributed by atoms with E-state index in [0.717, 1.165) is 19.5 Å². The molecular formula is C17H19N. The Morgan fingerprint density at radius 1 is 1.11 bits per heavy atom. The molecule has 0 saturated carbocycles. The van der Waals surface area contributed by atoms with Gasteiger partial charge in [-0.3, -0.25) is 0 Å². The van der Waals surface area contributed by atoms with E-state index in [4.69, 9.17) is 0 Å². The Kier molecular flexibility index (Phi) is 3.16. The highest BCUT2D eigenvalue weighted by Gasteiger charge is 2.20. The van der Waals surface area contributed by atoms with Gasteiger partial charge < -0.3 is 5.32 Å². The Hall–Kier alpha value is -1.60. The maximum absolute atomic E-state index is 3.53. The van der Waals surface area contributed by atoms with Gasteiger partial charge in [0.15, 0.2) is 0 Å².